The fourth-order valence-electron chi connectivity index (χ4n) is 0.591. The summed E-state index contributed by atoms with van der Waals surface area (Å²) in [6.07, 6.45) is -2.00. The van der Waals surface area contributed by atoms with Gasteiger partial charge >= 0.3 is 0 Å². The summed E-state index contributed by atoms with van der Waals surface area (Å²) in [4.78, 5) is 3.21. The molecule has 1 aromatic rings. The first kappa shape index (κ1) is 8.33. The Labute approximate surface area is 65.8 Å². The zero-order valence-corrected chi connectivity index (χ0v) is 5.95. The Morgan fingerprint density at radius 2 is 2.09 bits per heavy atom. The molecule has 0 bridgehead atoms. The van der Waals surface area contributed by atoms with Crippen LogP contribution in [-0.4, -0.2) is 4.98 Å². The van der Waals surface area contributed by atoms with E-state index in [0.29, 0.717) is 6.07 Å². The summed E-state index contributed by atoms with van der Waals surface area (Å²) in [5, 5.41) is -0.360. The minimum Gasteiger partial charge on any atom is -0.241 e. The number of pyridine rings is 1. The molecule has 1 rings (SSSR count). The first-order valence-corrected chi connectivity index (χ1v) is 3.08. The lowest BCUT2D eigenvalue weighted by Gasteiger charge is -1.99. The first-order chi connectivity index (χ1) is 5.11. The van der Waals surface area contributed by atoms with Crippen molar-refractivity contribution in [2.75, 3.05) is 0 Å². The van der Waals surface area contributed by atoms with Crippen LogP contribution in [0.5, 0.6) is 0 Å². The maximum absolute atomic E-state index is 12.3. The van der Waals surface area contributed by atoms with Crippen LogP contribution < -0.4 is 0 Å². The Kier molecular flexibility index (Phi) is 2.34. The van der Waals surface area contributed by atoms with Gasteiger partial charge in [0, 0.05) is 0 Å². The number of halogens is 4. The van der Waals surface area contributed by atoms with Gasteiger partial charge in [0.15, 0.2) is 0 Å². The minimum atomic E-state index is -2.79. The molecule has 5 heteroatoms. The van der Waals surface area contributed by atoms with Crippen molar-refractivity contribution in [3.05, 3.63) is 28.8 Å². The van der Waals surface area contributed by atoms with Crippen molar-refractivity contribution in [1.29, 1.82) is 0 Å². The molecule has 0 saturated heterocycles. The minimum absolute atomic E-state index is 0.360. The Bertz CT molecular complexity index is 264. The predicted molar refractivity (Wildman–Crippen MR) is 34.2 cm³/mol. The summed E-state index contributed by atoms with van der Waals surface area (Å²) >= 11 is 5.23. The second-order valence-corrected chi connectivity index (χ2v) is 2.19. The smallest absolute Gasteiger partial charge is 0.241 e. The standard InChI is InChI=1S/C6H3ClF3N/c7-5-4(6(9)10)1-3(8)2-11-5/h1-2,6H. The van der Waals surface area contributed by atoms with Crippen LogP contribution in [0.4, 0.5) is 13.2 Å². The van der Waals surface area contributed by atoms with Crippen molar-refractivity contribution in [3.8, 4) is 0 Å². The van der Waals surface area contributed by atoms with Crippen LogP contribution in [0.3, 0.4) is 0 Å². The molecule has 0 aromatic carbocycles. The molecule has 0 aliphatic carbocycles. The lowest BCUT2D eigenvalue weighted by Crippen LogP contribution is -1.90. The number of hydrogen-bond acceptors (Lipinski definition) is 1. The Hall–Kier alpha value is -0.770. The van der Waals surface area contributed by atoms with Crippen molar-refractivity contribution in [2.24, 2.45) is 0 Å². The maximum Gasteiger partial charge on any atom is 0.266 e. The second-order valence-electron chi connectivity index (χ2n) is 1.83. The Morgan fingerprint density at radius 3 is 2.55 bits per heavy atom. The second kappa shape index (κ2) is 3.09. The number of aromatic nitrogens is 1. The third-order valence-electron chi connectivity index (χ3n) is 1.07. The SMILES string of the molecule is Fc1cnc(Cl)c(C(F)F)c1. The zero-order chi connectivity index (χ0) is 8.43. The topological polar surface area (TPSA) is 12.9 Å². The molecule has 11 heavy (non-hydrogen) atoms. The van der Waals surface area contributed by atoms with Crippen LogP contribution in [0.15, 0.2) is 12.3 Å². The molecule has 0 radical (unpaired) electrons. The zero-order valence-electron chi connectivity index (χ0n) is 5.19. The summed E-state index contributed by atoms with van der Waals surface area (Å²) in [6, 6.07) is 0.667. The van der Waals surface area contributed by atoms with Gasteiger partial charge in [-0.05, 0) is 6.07 Å². The quantitative estimate of drug-likeness (QED) is 0.607. The largest absolute Gasteiger partial charge is 0.266 e. The summed E-state index contributed by atoms with van der Waals surface area (Å²) in [7, 11) is 0. The predicted octanol–water partition coefficient (Wildman–Crippen LogP) is 2.81. The molecule has 0 atom stereocenters. The van der Waals surface area contributed by atoms with Crippen LogP contribution in [-0.2, 0) is 0 Å². The average Bonchev–Trinajstić information content (AvgIpc) is 1.94. The van der Waals surface area contributed by atoms with Gasteiger partial charge in [0.2, 0.25) is 0 Å². The van der Waals surface area contributed by atoms with Crippen LogP contribution in [0.25, 0.3) is 0 Å². The van der Waals surface area contributed by atoms with Crippen molar-refractivity contribution < 1.29 is 13.2 Å². The molecule has 0 N–H and O–H groups in total. The third kappa shape index (κ3) is 1.83. The van der Waals surface area contributed by atoms with E-state index in [9.17, 15) is 13.2 Å². The van der Waals surface area contributed by atoms with E-state index in [-0.39, 0.29) is 5.15 Å². The van der Waals surface area contributed by atoms with E-state index in [4.69, 9.17) is 11.6 Å². The fourth-order valence-corrected chi connectivity index (χ4v) is 0.777. The van der Waals surface area contributed by atoms with Crippen LogP contribution in [0.1, 0.15) is 12.0 Å². The van der Waals surface area contributed by atoms with Crippen molar-refractivity contribution in [1.82, 2.24) is 4.98 Å². The van der Waals surface area contributed by atoms with Gasteiger partial charge in [-0.3, -0.25) is 0 Å². The molecule has 0 amide bonds. The number of alkyl halides is 2. The van der Waals surface area contributed by atoms with Gasteiger partial charge < -0.3 is 0 Å². The lowest BCUT2D eigenvalue weighted by molar-refractivity contribution is 0.150. The van der Waals surface area contributed by atoms with E-state index in [1.54, 1.807) is 0 Å². The first-order valence-electron chi connectivity index (χ1n) is 2.70. The molecule has 1 aromatic heterocycles. The van der Waals surface area contributed by atoms with Gasteiger partial charge in [0.1, 0.15) is 11.0 Å². The van der Waals surface area contributed by atoms with Crippen molar-refractivity contribution in [2.45, 2.75) is 6.43 Å². The van der Waals surface area contributed by atoms with Crippen molar-refractivity contribution in [3.63, 3.8) is 0 Å². The van der Waals surface area contributed by atoms with E-state index >= 15 is 0 Å². The fraction of sp³-hybridized carbons (Fsp3) is 0.167. The molecule has 0 spiro atoms. The average molecular weight is 182 g/mol. The monoisotopic (exact) mass is 181 g/mol. The molecule has 0 saturated carbocycles. The van der Waals surface area contributed by atoms with Gasteiger partial charge in [0.25, 0.3) is 6.43 Å². The van der Waals surface area contributed by atoms with E-state index in [2.05, 4.69) is 4.98 Å². The van der Waals surface area contributed by atoms with Gasteiger partial charge in [-0.2, -0.15) is 0 Å². The highest BCUT2D eigenvalue weighted by Gasteiger charge is 2.13. The highest BCUT2D eigenvalue weighted by molar-refractivity contribution is 6.30. The van der Waals surface area contributed by atoms with Gasteiger partial charge in [-0.15, -0.1) is 0 Å². The summed E-state index contributed by atoms with van der Waals surface area (Å²) in [6.45, 7) is 0. The number of hydrogen-bond donors (Lipinski definition) is 0. The van der Waals surface area contributed by atoms with Gasteiger partial charge in [-0.25, -0.2) is 18.2 Å². The summed E-state index contributed by atoms with van der Waals surface area (Å²) < 4.78 is 36.1. The van der Waals surface area contributed by atoms with E-state index in [1.807, 2.05) is 0 Å². The molecule has 0 fully saturated rings. The Morgan fingerprint density at radius 1 is 1.45 bits per heavy atom. The van der Waals surface area contributed by atoms with E-state index < -0.39 is 17.8 Å². The summed E-state index contributed by atoms with van der Waals surface area (Å²) in [5.41, 5.74) is -0.577. The highest BCUT2D eigenvalue weighted by Crippen LogP contribution is 2.25. The third-order valence-corrected chi connectivity index (χ3v) is 1.38. The number of rotatable bonds is 1. The van der Waals surface area contributed by atoms with E-state index in [0.717, 1.165) is 6.20 Å². The highest BCUT2D eigenvalue weighted by atomic mass is 35.5. The normalized spacial score (nSPS) is 10.6. The molecule has 0 unspecified atom stereocenters. The van der Waals surface area contributed by atoms with Gasteiger partial charge in [0.05, 0.1) is 11.8 Å². The van der Waals surface area contributed by atoms with Crippen LogP contribution >= 0.6 is 11.6 Å². The summed E-state index contributed by atoms with van der Waals surface area (Å²) in [5.74, 6) is -0.815. The van der Waals surface area contributed by atoms with Crippen LogP contribution in [0.2, 0.25) is 5.15 Å². The maximum atomic E-state index is 12.3. The molecule has 1 nitrogen and oxygen atoms in total. The molecule has 1 heterocycles. The molecular formula is C6H3ClF3N. The Balaban J connectivity index is 3.13. The van der Waals surface area contributed by atoms with Crippen molar-refractivity contribution >= 4 is 11.6 Å². The molecule has 60 valence electrons. The van der Waals surface area contributed by atoms with E-state index in [1.165, 1.54) is 0 Å². The molecule has 0 aliphatic heterocycles. The molecule has 0 aliphatic rings. The van der Waals surface area contributed by atoms with Crippen LogP contribution in [0, 0.1) is 5.82 Å². The van der Waals surface area contributed by atoms with Gasteiger partial charge in [-0.1, -0.05) is 11.6 Å². The number of nitrogens with zero attached hydrogens (tertiary/aromatic N) is 1. The lowest BCUT2D eigenvalue weighted by atomic mass is 10.3. The molecular weight excluding hydrogens is 179 g/mol.